The fourth-order valence-corrected chi connectivity index (χ4v) is 6.94. The Morgan fingerprint density at radius 2 is 1.33 bits per heavy atom. The van der Waals surface area contributed by atoms with Crippen LogP contribution in [0.25, 0.3) is 27.8 Å². The van der Waals surface area contributed by atoms with E-state index in [1.54, 1.807) is 5.57 Å². The lowest BCUT2D eigenvalue weighted by Gasteiger charge is -2.32. The minimum Gasteiger partial charge on any atom is -0.356 e. The van der Waals surface area contributed by atoms with Gasteiger partial charge < -0.3 is 5.32 Å². The predicted molar refractivity (Wildman–Crippen MR) is 180 cm³/mol. The highest BCUT2D eigenvalue weighted by molar-refractivity contribution is 5.85. The summed E-state index contributed by atoms with van der Waals surface area (Å²) >= 11 is 0. The van der Waals surface area contributed by atoms with Crippen LogP contribution in [0.3, 0.4) is 0 Å². The number of benzene rings is 4. The van der Waals surface area contributed by atoms with E-state index in [2.05, 4.69) is 154 Å². The maximum absolute atomic E-state index is 3.67. The summed E-state index contributed by atoms with van der Waals surface area (Å²) < 4.78 is 0. The average molecular weight is 546 g/mol. The molecule has 7 rings (SSSR count). The lowest BCUT2D eigenvalue weighted by molar-refractivity contribution is 0.494. The van der Waals surface area contributed by atoms with Gasteiger partial charge in [-0.15, -0.1) is 0 Å². The Balaban J connectivity index is 1.08. The molecule has 0 aliphatic heterocycles. The van der Waals surface area contributed by atoms with E-state index in [4.69, 9.17) is 0 Å². The van der Waals surface area contributed by atoms with Gasteiger partial charge in [-0.3, -0.25) is 0 Å². The Morgan fingerprint density at radius 3 is 2.02 bits per heavy atom. The Morgan fingerprint density at radius 1 is 0.643 bits per heavy atom. The smallest absolute Gasteiger partial charge is 0.0387 e. The van der Waals surface area contributed by atoms with Crippen LogP contribution in [0.2, 0.25) is 0 Å². The van der Waals surface area contributed by atoms with Crippen LogP contribution in [-0.4, -0.2) is 0 Å². The predicted octanol–water partition coefficient (Wildman–Crippen LogP) is 11.4. The zero-order valence-electron chi connectivity index (χ0n) is 25.2. The van der Waals surface area contributed by atoms with E-state index in [1.165, 1.54) is 62.9 Å². The number of anilines is 2. The number of hydrogen-bond acceptors (Lipinski definition) is 1. The minimum atomic E-state index is -0.0614. The molecule has 0 bridgehead atoms. The molecule has 0 heterocycles. The van der Waals surface area contributed by atoms with Gasteiger partial charge in [-0.2, -0.15) is 0 Å². The van der Waals surface area contributed by atoms with Crippen molar-refractivity contribution in [2.75, 3.05) is 5.32 Å². The SMILES string of the molecule is CC1=CC=C(C2(C)C=CC(c3ccc(Nc4ccc5c(c4)C(C)(C)c4cc(-c6ccccc6)ccc4-5)cc3)=CC2)CC1. The molecule has 1 heteroatoms. The molecule has 0 radical (unpaired) electrons. The summed E-state index contributed by atoms with van der Waals surface area (Å²) in [4.78, 5) is 0. The van der Waals surface area contributed by atoms with E-state index in [-0.39, 0.29) is 10.8 Å². The third kappa shape index (κ3) is 4.68. The van der Waals surface area contributed by atoms with Crippen molar-refractivity contribution in [2.24, 2.45) is 5.41 Å². The molecule has 0 aromatic heterocycles. The Hall–Kier alpha value is -4.36. The summed E-state index contributed by atoms with van der Waals surface area (Å²) in [5, 5.41) is 3.67. The molecule has 42 heavy (non-hydrogen) atoms. The number of fused-ring (bicyclic) bond motifs is 3. The van der Waals surface area contributed by atoms with Crippen LogP contribution in [0.1, 0.15) is 63.6 Å². The monoisotopic (exact) mass is 545 g/mol. The summed E-state index contributed by atoms with van der Waals surface area (Å²) in [7, 11) is 0. The Kier molecular flexibility index (Phi) is 6.43. The second-order valence-corrected chi connectivity index (χ2v) is 13.0. The normalized spacial score (nSPS) is 20.2. The summed E-state index contributed by atoms with van der Waals surface area (Å²) in [6.07, 6.45) is 15.2. The summed E-state index contributed by atoms with van der Waals surface area (Å²) in [5.74, 6) is 0. The molecule has 0 spiro atoms. The van der Waals surface area contributed by atoms with Crippen molar-refractivity contribution >= 4 is 16.9 Å². The van der Waals surface area contributed by atoms with Gasteiger partial charge in [-0.25, -0.2) is 0 Å². The molecule has 0 fully saturated rings. The highest BCUT2D eigenvalue weighted by Gasteiger charge is 2.36. The maximum atomic E-state index is 3.67. The molecule has 4 aromatic carbocycles. The van der Waals surface area contributed by atoms with Crippen LogP contribution in [0.15, 0.2) is 133 Å². The van der Waals surface area contributed by atoms with Crippen molar-refractivity contribution in [1.29, 1.82) is 0 Å². The van der Waals surface area contributed by atoms with Crippen molar-refractivity contribution in [1.82, 2.24) is 0 Å². The van der Waals surface area contributed by atoms with Gasteiger partial charge >= 0.3 is 0 Å². The Labute approximate surface area is 251 Å². The van der Waals surface area contributed by atoms with E-state index < -0.39 is 0 Å². The van der Waals surface area contributed by atoms with Crippen molar-refractivity contribution in [3.63, 3.8) is 0 Å². The van der Waals surface area contributed by atoms with Crippen molar-refractivity contribution in [3.05, 3.63) is 149 Å². The second-order valence-electron chi connectivity index (χ2n) is 13.0. The van der Waals surface area contributed by atoms with E-state index in [0.717, 1.165) is 17.8 Å². The number of hydrogen-bond donors (Lipinski definition) is 1. The average Bonchev–Trinajstić information content (AvgIpc) is 3.24. The quantitative estimate of drug-likeness (QED) is 0.263. The van der Waals surface area contributed by atoms with Crippen molar-refractivity contribution < 1.29 is 0 Å². The third-order valence-electron chi connectivity index (χ3n) is 9.76. The molecule has 3 aliphatic carbocycles. The summed E-state index contributed by atoms with van der Waals surface area (Å²) in [6, 6.07) is 33.4. The molecule has 4 aromatic rings. The second kappa shape index (κ2) is 10.2. The highest BCUT2D eigenvalue weighted by atomic mass is 14.9. The molecule has 1 atom stereocenters. The topological polar surface area (TPSA) is 12.0 Å². The first-order chi connectivity index (χ1) is 20.3. The first-order valence-electron chi connectivity index (χ1n) is 15.3. The van der Waals surface area contributed by atoms with Gasteiger partial charge in [-0.05, 0) is 101 Å². The maximum Gasteiger partial charge on any atom is 0.0387 e. The minimum absolute atomic E-state index is 0.0614. The zero-order chi connectivity index (χ0) is 28.9. The molecule has 0 amide bonds. The van der Waals surface area contributed by atoms with Crippen LogP contribution < -0.4 is 5.32 Å². The number of nitrogens with one attached hydrogen (secondary N) is 1. The fourth-order valence-electron chi connectivity index (χ4n) is 6.94. The molecular weight excluding hydrogens is 506 g/mol. The first kappa shape index (κ1) is 26.5. The van der Waals surface area contributed by atoms with E-state index in [9.17, 15) is 0 Å². The van der Waals surface area contributed by atoms with Gasteiger partial charge in [0.2, 0.25) is 0 Å². The van der Waals surface area contributed by atoms with E-state index >= 15 is 0 Å². The molecule has 0 saturated carbocycles. The van der Waals surface area contributed by atoms with Gasteiger partial charge in [0.05, 0.1) is 0 Å². The number of rotatable bonds is 5. The molecule has 1 unspecified atom stereocenters. The number of allylic oxidation sites excluding steroid dienone is 8. The summed E-state index contributed by atoms with van der Waals surface area (Å²) in [6.45, 7) is 9.31. The van der Waals surface area contributed by atoms with Gasteiger partial charge in [0.25, 0.3) is 0 Å². The third-order valence-corrected chi connectivity index (χ3v) is 9.76. The molecule has 208 valence electrons. The lowest BCUT2D eigenvalue weighted by Crippen LogP contribution is -2.19. The van der Waals surface area contributed by atoms with Gasteiger partial charge in [0.1, 0.15) is 0 Å². The molecule has 3 aliphatic rings. The molecular formula is C41H39N. The largest absolute Gasteiger partial charge is 0.356 e. The van der Waals surface area contributed by atoms with Gasteiger partial charge in [-0.1, -0.05) is 123 Å². The molecule has 1 nitrogen and oxygen atoms in total. The van der Waals surface area contributed by atoms with Crippen LogP contribution in [0.4, 0.5) is 11.4 Å². The van der Waals surface area contributed by atoms with Crippen LogP contribution in [0.5, 0.6) is 0 Å². The summed E-state index contributed by atoms with van der Waals surface area (Å²) in [5.41, 5.74) is 15.9. The fraction of sp³-hybridized carbons (Fsp3) is 0.220. The lowest BCUT2D eigenvalue weighted by atomic mass is 9.72. The Bertz CT molecular complexity index is 1790. The van der Waals surface area contributed by atoms with Crippen molar-refractivity contribution in [3.8, 4) is 22.3 Å². The van der Waals surface area contributed by atoms with E-state index in [1.807, 2.05) is 0 Å². The van der Waals surface area contributed by atoms with Crippen LogP contribution >= 0.6 is 0 Å². The molecule has 0 saturated heterocycles. The van der Waals surface area contributed by atoms with Crippen LogP contribution in [0, 0.1) is 5.41 Å². The zero-order valence-corrected chi connectivity index (χ0v) is 25.2. The van der Waals surface area contributed by atoms with Crippen LogP contribution in [-0.2, 0) is 5.41 Å². The molecule has 1 N–H and O–H groups in total. The van der Waals surface area contributed by atoms with Gasteiger partial charge in [0, 0.05) is 22.2 Å². The first-order valence-corrected chi connectivity index (χ1v) is 15.3. The van der Waals surface area contributed by atoms with Crippen molar-refractivity contribution in [2.45, 2.75) is 52.4 Å². The van der Waals surface area contributed by atoms with Gasteiger partial charge in [0.15, 0.2) is 0 Å². The highest BCUT2D eigenvalue weighted by Crippen LogP contribution is 2.50. The van der Waals surface area contributed by atoms with E-state index in [0.29, 0.717) is 0 Å². The standard InChI is InChI=1S/C41H39N/c1-28-10-15-33(16-11-28)41(4)24-22-31(23-25-41)30-12-17-34(18-13-30)42-35-19-21-37-36-20-14-32(29-8-6-5-7-9-29)26-38(36)40(2,3)39(37)27-35/h5-10,12-15,17-24,26-27,42H,11,16,25H2,1-4H3.